The predicted molar refractivity (Wildman–Crippen MR) is 93.4 cm³/mol. The van der Waals surface area contributed by atoms with Crippen LogP contribution in [0, 0.1) is 0 Å². The lowest BCUT2D eigenvalue weighted by molar-refractivity contribution is 0.0614. The second-order valence-electron chi connectivity index (χ2n) is 6.35. The first-order chi connectivity index (χ1) is 12.8. The van der Waals surface area contributed by atoms with Crippen molar-refractivity contribution in [3.8, 4) is 0 Å². The fraction of sp³-hybridized carbons (Fsp3) is 0.316. The van der Waals surface area contributed by atoms with Crippen LogP contribution in [0.15, 0.2) is 57.9 Å². The van der Waals surface area contributed by atoms with Crippen molar-refractivity contribution >= 4 is 5.91 Å². The highest BCUT2D eigenvalue weighted by molar-refractivity contribution is 5.93. The number of furan rings is 1. The first-order valence-electron chi connectivity index (χ1n) is 8.67. The molecule has 3 aromatic rings. The summed E-state index contributed by atoms with van der Waals surface area (Å²) in [5, 5.41) is 4.07. The van der Waals surface area contributed by atoms with E-state index >= 15 is 0 Å². The number of hydrogen-bond donors (Lipinski definition) is 0. The monoisotopic (exact) mass is 352 g/mol. The number of aromatic nitrogens is 2. The Balaban J connectivity index is 1.29. The van der Waals surface area contributed by atoms with E-state index in [9.17, 15) is 4.79 Å². The van der Waals surface area contributed by atoms with Crippen molar-refractivity contribution in [2.75, 3.05) is 26.2 Å². The minimum absolute atomic E-state index is 0.0151. The lowest BCUT2D eigenvalue weighted by atomic mass is 10.1. The Hall–Kier alpha value is -2.93. The minimum Gasteiger partial charge on any atom is -0.472 e. The molecular weight excluding hydrogens is 332 g/mol. The zero-order valence-corrected chi connectivity index (χ0v) is 14.4. The van der Waals surface area contributed by atoms with E-state index in [1.54, 1.807) is 6.07 Å². The first kappa shape index (κ1) is 16.5. The van der Waals surface area contributed by atoms with Crippen LogP contribution < -0.4 is 0 Å². The molecule has 26 heavy (non-hydrogen) atoms. The Bertz CT molecular complexity index is 837. The summed E-state index contributed by atoms with van der Waals surface area (Å²) in [6.45, 7) is 3.51. The average molecular weight is 352 g/mol. The predicted octanol–water partition coefficient (Wildman–Crippen LogP) is 2.21. The van der Waals surface area contributed by atoms with Gasteiger partial charge in [-0.25, -0.2) is 0 Å². The fourth-order valence-corrected chi connectivity index (χ4v) is 3.07. The SMILES string of the molecule is O=C(c1ccoc1)N1CCN(Cc2nc(Cc3ccccc3)no2)CC1. The van der Waals surface area contributed by atoms with E-state index in [2.05, 4.69) is 15.0 Å². The van der Waals surface area contributed by atoms with Crippen molar-refractivity contribution in [1.29, 1.82) is 0 Å². The average Bonchev–Trinajstić information content (AvgIpc) is 3.35. The molecule has 0 saturated carbocycles. The molecule has 1 aliphatic heterocycles. The number of carbonyl (C=O) groups is 1. The van der Waals surface area contributed by atoms with Gasteiger partial charge in [-0.15, -0.1) is 0 Å². The summed E-state index contributed by atoms with van der Waals surface area (Å²) in [7, 11) is 0. The topological polar surface area (TPSA) is 75.6 Å². The maximum Gasteiger partial charge on any atom is 0.257 e. The molecule has 7 heteroatoms. The Morgan fingerprint density at radius 3 is 2.62 bits per heavy atom. The number of piperazine rings is 1. The molecule has 0 unspecified atom stereocenters. The summed E-state index contributed by atoms with van der Waals surface area (Å²) in [5.74, 6) is 1.33. The number of benzene rings is 1. The van der Waals surface area contributed by atoms with E-state index in [0.29, 0.717) is 43.3 Å². The lowest BCUT2D eigenvalue weighted by Crippen LogP contribution is -2.48. The molecule has 2 aromatic heterocycles. The number of nitrogens with zero attached hydrogens (tertiary/aromatic N) is 4. The summed E-state index contributed by atoms with van der Waals surface area (Å²) in [4.78, 5) is 20.9. The Morgan fingerprint density at radius 2 is 1.88 bits per heavy atom. The van der Waals surface area contributed by atoms with E-state index in [4.69, 9.17) is 8.94 Å². The third kappa shape index (κ3) is 3.83. The highest BCUT2D eigenvalue weighted by atomic mass is 16.5. The highest BCUT2D eigenvalue weighted by Gasteiger charge is 2.23. The Kier molecular flexibility index (Phi) is 4.79. The van der Waals surface area contributed by atoms with E-state index in [-0.39, 0.29) is 5.91 Å². The summed E-state index contributed by atoms with van der Waals surface area (Å²) in [5.41, 5.74) is 1.76. The standard InChI is InChI=1S/C19H20N4O3/c24-19(16-6-11-25-14-16)23-9-7-22(8-10-23)13-18-20-17(21-26-18)12-15-4-2-1-3-5-15/h1-6,11,14H,7-10,12-13H2. The zero-order chi connectivity index (χ0) is 17.8. The molecule has 7 nitrogen and oxygen atoms in total. The van der Waals surface area contributed by atoms with Crippen LogP contribution in [-0.4, -0.2) is 52.0 Å². The smallest absolute Gasteiger partial charge is 0.257 e. The molecule has 1 fully saturated rings. The van der Waals surface area contributed by atoms with Gasteiger partial charge in [0, 0.05) is 32.6 Å². The summed E-state index contributed by atoms with van der Waals surface area (Å²) in [6, 6.07) is 11.8. The second-order valence-corrected chi connectivity index (χ2v) is 6.35. The van der Waals surface area contributed by atoms with Gasteiger partial charge < -0.3 is 13.8 Å². The maximum absolute atomic E-state index is 12.3. The molecule has 0 bridgehead atoms. The van der Waals surface area contributed by atoms with Crippen LogP contribution >= 0.6 is 0 Å². The van der Waals surface area contributed by atoms with Gasteiger partial charge in [-0.2, -0.15) is 4.98 Å². The Morgan fingerprint density at radius 1 is 1.08 bits per heavy atom. The molecule has 1 amide bonds. The third-order valence-corrected chi connectivity index (χ3v) is 4.50. The maximum atomic E-state index is 12.3. The van der Waals surface area contributed by atoms with Crippen LogP contribution in [0.4, 0.5) is 0 Å². The van der Waals surface area contributed by atoms with Crippen LogP contribution in [0.1, 0.15) is 27.6 Å². The van der Waals surface area contributed by atoms with Crippen LogP contribution in [0.3, 0.4) is 0 Å². The van der Waals surface area contributed by atoms with E-state index < -0.39 is 0 Å². The molecular formula is C19H20N4O3. The molecule has 0 atom stereocenters. The second kappa shape index (κ2) is 7.53. The molecule has 4 rings (SSSR count). The van der Waals surface area contributed by atoms with Gasteiger partial charge in [0.2, 0.25) is 5.89 Å². The van der Waals surface area contributed by atoms with Crippen molar-refractivity contribution in [3.05, 3.63) is 71.8 Å². The van der Waals surface area contributed by atoms with Gasteiger partial charge in [0.15, 0.2) is 5.82 Å². The van der Waals surface area contributed by atoms with Gasteiger partial charge in [0.1, 0.15) is 6.26 Å². The van der Waals surface area contributed by atoms with E-state index in [1.807, 2.05) is 35.2 Å². The quantitative estimate of drug-likeness (QED) is 0.701. The molecule has 0 radical (unpaired) electrons. The van der Waals surface area contributed by atoms with Gasteiger partial charge in [-0.05, 0) is 11.6 Å². The van der Waals surface area contributed by atoms with Gasteiger partial charge in [0.05, 0.1) is 18.4 Å². The molecule has 0 N–H and O–H groups in total. The molecule has 0 spiro atoms. The normalized spacial score (nSPS) is 15.3. The molecule has 3 heterocycles. The van der Waals surface area contributed by atoms with Crippen molar-refractivity contribution in [2.24, 2.45) is 0 Å². The molecule has 1 aliphatic rings. The van der Waals surface area contributed by atoms with E-state index in [1.165, 1.54) is 12.5 Å². The van der Waals surface area contributed by atoms with Crippen molar-refractivity contribution < 1.29 is 13.7 Å². The summed E-state index contributed by atoms with van der Waals surface area (Å²) >= 11 is 0. The zero-order valence-electron chi connectivity index (χ0n) is 14.4. The van der Waals surface area contributed by atoms with Crippen molar-refractivity contribution in [1.82, 2.24) is 19.9 Å². The highest BCUT2D eigenvalue weighted by Crippen LogP contribution is 2.12. The number of carbonyl (C=O) groups excluding carboxylic acids is 1. The summed E-state index contributed by atoms with van der Waals surface area (Å²) < 4.78 is 10.4. The van der Waals surface area contributed by atoms with Gasteiger partial charge >= 0.3 is 0 Å². The number of hydrogen-bond acceptors (Lipinski definition) is 6. The van der Waals surface area contributed by atoms with Gasteiger partial charge in [-0.1, -0.05) is 35.5 Å². The van der Waals surface area contributed by atoms with Crippen molar-refractivity contribution in [3.63, 3.8) is 0 Å². The van der Waals surface area contributed by atoms with E-state index in [0.717, 1.165) is 18.7 Å². The van der Waals surface area contributed by atoms with Crippen LogP contribution in [-0.2, 0) is 13.0 Å². The molecule has 134 valence electrons. The molecule has 1 saturated heterocycles. The van der Waals surface area contributed by atoms with Gasteiger partial charge in [-0.3, -0.25) is 9.69 Å². The van der Waals surface area contributed by atoms with Crippen LogP contribution in [0.5, 0.6) is 0 Å². The molecule has 0 aliphatic carbocycles. The van der Waals surface area contributed by atoms with Gasteiger partial charge in [0.25, 0.3) is 5.91 Å². The van der Waals surface area contributed by atoms with Crippen LogP contribution in [0.25, 0.3) is 0 Å². The molecule has 1 aromatic carbocycles. The summed E-state index contributed by atoms with van der Waals surface area (Å²) in [6.07, 6.45) is 3.67. The number of rotatable bonds is 5. The van der Waals surface area contributed by atoms with Crippen molar-refractivity contribution in [2.45, 2.75) is 13.0 Å². The first-order valence-corrected chi connectivity index (χ1v) is 8.67. The largest absolute Gasteiger partial charge is 0.472 e. The minimum atomic E-state index is 0.0151. The lowest BCUT2D eigenvalue weighted by Gasteiger charge is -2.33. The Labute approximate surface area is 151 Å². The fourth-order valence-electron chi connectivity index (χ4n) is 3.07. The third-order valence-electron chi connectivity index (χ3n) is 4.50. The number of amides is 1. The van der Waals surface area contributed by atoms with Crippen LogP contribution in [0.2, 0.25) is 0 Å².